The zero-order valence-corrected chi connectivity index (χ0v) is 27.8. The van der Waals surface area contributed by atoms with Crippen molar-refractivity contribution < 1.29 is 47.7 Å². The Morgan fingerprint density at radius 1 is 0.756 bits per heavy atom. The van der Waals surface area contributed by atoms with E-state index >= 15 is 0 Å². The number of carbonyl (C=O) groups is 5. The molecule has 0 radical (unpaired) electrons. The average molecular weight is 628 g/mol. The van der Waals surface area contributed by atoms with Gasteiger partial charge < -0.3 is 29.0 Å². The number of alkyl carbamates (subject to hydrolysis) is 1. The van der Waals surface area contributed by atoms with Gasteiger partial charge in [0.25, 0.3) is 0 Å². The Morgan fingerprint density at radius 2 is 1.31 bits per heavy atom. The fraction of sp³-hybridized carbons (Fsp3) is 0.500. The first kappa shape index (κ1) is 36.8. The summed E-state index contributed by atoms with van der Waals surface area (Å²) in [4.78, 5) is 63.6. The minimum Gasteiger partial charge on any atom is -0.460 e. The lowest BCUT2D eigenvalue weighted by atomic mass is 9.97. The van der Waals surface area contributed by atoms with Gasteiger partial charge in [-0.2, -0.15) is 0 Å². The van der Waals surface area contributed by atoms with Crippen molar-refractivity contribution in [1.82, 2.24) is 5.32 Å². The Kier molecular flexibility index (Phi) is 12.3. The molecule has 0 fully saturated rings. The molecule has 2 rings (SSSR count). The van der Waals surface area contributed by atoms with E-state index in [0.717, 1.165) is 0 Å². The molecule has 1 N–H and O–H groups in total. The number of esters is 4. The van der Waals surface area contributed by atoms with Gasteiger partial charge in [0.05, 0.1) is 16.4 Å². The summed E-state index contributed by atoms with van der Waals surface area (Å²) in [6, 6.07) is 11.6. The number of nitrogens with one attached hydrogen (secondary N) is 1. The van der Waals surface area contributed by atoms with Crippen LogP contribution in [0.4, 0.5) is 4.79 Å². The SMILES string of the molecule is CC(COC(=O)[C@H](Cc1ccc(OC(=O)C(C)(C)C)c(OC(=O)C(C)(C)C)c1)NC(=O)OC(C)(C)C)OC(=O)c1ccccc1. The molecule has 45 heavy (non-hydrogen) atoms. The van der Waals surface area contributed by atoms with Crippen molar-refractivity contribution in [2.75, 3.05) is 6.61 Å². The van der Waals surface area contributed by atoms with E-state index in [4.69, 9.17) is 23.7 Å². The van der Waals surface area contributed by atoms with E-state index in [1.54, 1.807) is 106 Å². The molecule has 1 amide bonds. The summed E-state index contributed by atoms with van der Waals surface area (Å²) in [5.41, 5.74) is -1.75. The van der Waals surface area contributed by atoms with E-state index in [2.05, 4.69) is 5.32 Å². The lowest BCUT2D eigenvalue weighted by molar-refractivity contribution is -0.149. The zero-order chi connectivity index (χ0) is 34.2. The van der Waals surface area contributed by atoms with E-state index in [0.29, 0.717) is 11.1 Å². The topological polar surface area (TPSA) is 144 Å². The number of hydrogen-bond donors (Lipinski definition) is 1. The summed E-state index contributed by atoms with van der Waals surface area (Å²) in [5, 5.41) is 2.53. The Labute approximate surface area is 264 Å². The van der Waals surface area contributed by atoms with Crippen LogP contribution in [0.3, 0.4) is 0 Å². The standard InChI is InChI=1S/C34H45NO10/c1-21(42-27(36)23-14-12-11-13-15-23)20-41-28(37)24(35-31(40)45-34(8,9)10)18-22-16-17-25(43-29(38)32(2,3)4)26(19-22)44-30(39)33(5,6)7/h11-17,19,21,24H,18,20H2,1-10H3,(H,35,40)/t21?,24-/m0/s1. The second-order valence-corrected chi connectivity index (χ2v) is 13.7. The van der Waals surface area contributed by atoms with Gasteiger partial charge >= 0.3 is 30.0 Å². The molecule has 0 saturated heterocycles. The molecule has 0 aliphatic rings. The normalized spacial score (nSPS) is 13.1. The van der Waals surface area contributed by atoms with Crippen molar-refractivity contribution in [3.05, 3.63) is 59.7 Å². The maximum atomic E-state index is 13.2. The summed E-state index contributed by atoms with van der Waals surface area (Å²) in [6.07, 6.45) is -1.75. The number of rotatable bonds is 10. The number of hydrogen-bond acceptors (Lipinski definition) is 10. The molecular weight excluding hydrogens is 582 g/mol. The van der Waals surface area contributed by atoms with Gasteiger partial charge in [-0.15, -0.1) is 0 Å². The van der Waals surface area contributed by atoms with Crippen LogP contribution >= 0.6 is 0 Å². The monoisotopic (exact) mass is 627 g/mol. The van der Waals surface area contributed by atoms with Gasteiger partial charge in [-0.05, 0) is 99.1 Å². The van der Waals surface area contributed by atoms with Gasteiger partial charge in [0, 0.05) is 6.42 Å². The van der Waals surface area contributed by atoms with Crippen LogP contribution in [0.5, 0.6) is 11.5 Å². The van der Waals surface area contributed by atoms with Crippen LogP contribution in [0.2, 0.25) is 0 Å². The fourth-order valence-electron chi connectivity index (χ4n) is 3.39. The third kappa shape index (κ3) is 12.6. The smallest absolute Gasteiger partial charge is 0.408 e. The predicted octanol–water partition coefficient (Wildman–Crippen LogP) is 5.81. The molecule has 2 aromatic carbocycles. The number of benzene rings is 2. The van der Waals surface area contributed by atoms with Crippen molar-refractivity contribution >= 4 is 30.0 Å². The quantitative estimate of drug-likeness (QED) is 0.195. The molecule has 0 aliphatic carbocycles. The largest absolute Gasteiger partial charge is 0.460 e. The van der Waals surface area contributed by atoms with Crippen LogP contribution in [-0.2, 0) is 35.0 Å². The minimum absolute atomic E-state index is 0.0181. The molecule has 2 aromatic rings. The van der Waals surface area contributed by atoms with E-state index < -0.39 is 58.5 Å². The third-order valence-electron chi connectivity index (χ3n) is 5.83. The first-order valence-electron chi connectivity index (χ1n) is 14.7. The second kappa shape index (κ2) is 15.0. The molecule has 246 valence electrons. The van der Waals surface area contributed by atoms with Crippen LogP contribution in [0.15, 0.2) is 48.5 Å². The van der Waals surface area contributed by atoms with Crippen molar-refractivity contribution in [1.29, 1.82) is 0 Å². The first-order valence-corrected chi connectivity index (χ1v) is 14.7. The first-order chi connectivity index (χ1) is 20.7. The Bertz CT molecular complexity index is 1360. The second-order valence-electron chi connectivity index (χ2n) is 13.7. The number of ether oxygens (including phenoxy) is 5. The van der Waals surface area contributed by atoms with Crippen LogP contribution < -0.4 is 14.8 Å². The highest BCUT2D eigenvalue weighted by Crippen LogP contribution is 2.33. The Morgan fingerprint density at radius 3 is 1.84 bits per heavy atom. The molecule has 2 atom stereocenters. The van der Waals surface area contributed by atoms with Crippen LogP contribution in [0.25, 0.3) is 0 Å². The van der Waals surface area contributed by atoms with E-state index in [9.17, 15) is 24.0 Å². The Hall–Kier alpha value is -4.41. The number of carbonyl (C=O) groups excluding carboxylic acids is 5. The highest BCUT2D eigenvalue weighted by atomic mass is 16.6. The molecular formula is C34H45NO10. The molecule has 11 heteroatoms. The molecule has 0 aliphatic heterocycles. The van der Waals surface area contributed by atoms with Crippen molar-refractivity contribution in [2.45, 2.75) is 93.4 Å². The summed E-state index contributed by atoms with van der Waals surface area (Å²) in [5.74, 6) is -2.53. The molecule has 11 nitrogen and oxygen atoms in total. The maximum absolute atomic E-state index is 13.2. The molecule has 0 aromatic heterocycles. The van der Waals surface area contributed by atoms with Gasteiger partial charge in [0.1, 0.15) is 24.4 Å². The molecule has 1 unspecified atom stereocenters. The molecule has 0 saturated carbocycles. The highest BCUT2D eigenvalue weighted by molar-refractivity contribution is 5.89. The van der Waals surface area contributed by atoms with Gasteiger partial charge in [-0.1, -0.05) is 24.3 Å². The highest BCUT2D eigenvalue weighted by Gasteiger charge is 2.30. The van der Waals surface area contributed by atoms with Crippen molar-refractivity contribution in [2.24, 2.45) is 10.8 Å². The third-order valence-corrected chi connectivity index (χ3v) is 5.83. The van der Waals surface area contributed by atoms with Crippen molar-refractivity contribution in [3.8, 4) is 11.5 Å². The van der Waals surface area contributed by atoms with E-state index in [1.807, 2.05) is 0 Å². The summed E-state index contributed by atoms with van der Waals surface area (Å²) in [7, 11) is 0. The number of amides is 1. The zero-order valence-electron chi connectivity index (χ0n) is 27.8. The Balaban J connectivity index is 2.30. The van der Waals surface area contributed by atoms with E-state index in [-0.39, 0.29) is 24.5 Å². The maximum Gasteiger partial charge on any atom is 0.408 e. The van der Waals surface area contributed by atoms with Gasteiger partial charge in [-0.3, -0.25) is 9.59 Å². The summed E-state index contributed by atoms with van der Waals surface area (Å²) >= 11 is 0. The molecule has 0 spiro atoms. The molecule has 0 bridgehead atoms. The lowest BCUT2D eigenvalue weighted by Crippen LogP contribution is -2.46. The fourth-order valence-corrected chi connectivity index (χ4v) is 3.39. The minimum atomic E-state index is -1.24. The molecule has 0 heterocycles. The van der Waals surface area contributed by atoms with Gasteiger partial charge in [-0.25, -0.2) is 14.4 Å². The van der Waals surface area contributed by atoms with E-state index in [1.165, 1.54) is 12.1 Å². The lowest BCUT2D eigenvalue weighted by Gasteiger charge is -2.24. The van der Waals surface area contributed by atoms with Crippen LogP contribution in [0, 0.1) is 10.8 Å². The predicted molar refractivity (Wildman–Crippen MR) is 166 cm³/mol. The average Bonchev–Trinajstić information content (AvgIpc) is 2.91. The summed E-state index contributed by atoms with van der Waals surface area (Å²) in [6.45, 7) is 16.4. The van der Waals surface area contributed by atoms with Crippen LogP contribution in [-0.4, -0.2) is 54.3 Å². The van der Waals surface area contributed by atoms with Gasteiger partial charge in [0.2, 0.25) is 0 Å². The summed E-state index contributed by atoms with van der Waals surface area (Å²) < 4.78 is 27.3. The van der Waals surface area contributed by atoms with Gasteiger partial charge in [0.15, 0.2) is 11.5 Å². The van der Waals surface area contributed by atoms with Crippen LogP contribution in [0.1, 0.15) is 85.2 Å². The van der Waals surface area contributed by atoms with Crippen molar-refractivity contribution in [3.63, 3.8) is 0 Å².